The minimum absolute atomic E-state index is 0.0822. The smallest absolute Gasteiger partial charge is 0.306 e. The van der Waals surface area contributed by atoms with Crippen LogP contribution in [0, 0.1) is 0 Å². The van der Waals surface area contributed by atoms with Gasteiger partial charge in [0.25, 0.3) is 0 Å². The van der Waals surface area contributed by atoms with Crippen molar-refractivity contribution < 1.29 is 28.6 Å². The average molecular weight is 1130 g/mol. The maximum atomic E-state index is 12.9. The molecule has 0 aromatic carbocycles. The number of carbonyl (C=O) groups is 3. The van der Waals surface area contributed by atoms with Gasteiger partial charge in [-0.05, 0) is 122 Å². The molecular formula is C75H130O6. The lowest BCUT2D eigenvalue weighted by Gasteiger charge is -2.18. The van der Waals surface area contributed by atoms with Crippen LogP contribution in [0.15, 0.2) is 97.2 Å². The van der Waals surface area contributed by atoms with Crippen molar-refractivity contribution in [2.24, 2.45) is 0 Å². The number of esters is 3. The van der Waals surface area contributed by atoms with E-state index in [9.17, 15) is 14.4 Å². The molecule has 0 aromatic heterocycles. The molecule has 0 aliphatic carbocycles. The molecule has 0 spiro atoms. The SMILES string of the molecule is CC/C=C\C/C=C\C/C=C\C/C=C\CCCCCCCCCCCCCCCCCCCCC(=O)OCC(COC(=O)CCCCCCC/C=C\C/C=C\CCCCC)OC(=O)CCCCCCCCC/C=C\C/C=C\CCCCC. The summed E-state index contributed by atoms with van der Waals surface area (Å²) in [5.41, 5.74) is 0. The fourth-order valence-electron chi connectivity index (χ4n) is 9.85. The maximum Gasteiger partial charge on any atom is 0.306 e. The Kier molecular flexibility index (Phi) is 65.7. The summed E-state index contributed by atoms with van der Waals surface area (Å²) in [7, 11) is 0. The molecule has 81 heavy (non-hydrogen) atoms. The van der Waals surface area contributed by atoms with Crippen molar-refractivity contribution in [2.45, 2.75) is 348 Å². The molecule has 0 aliphatic heterocycles. The van der Waals surface area contributed by atoms with Gasteiger partial charge in [-0.25, -0.2) is 0 Å². The van der Waals surface area contributed by atoms with E-state index in [1.165, 1.54) is 186 Å². The Morgan fingerprint density at radius 1 is 0.259 bits per heavy atom. The molecule has 0 heterocycles. The molecule has 0 radical (unpaired) electrons. The molecule has 466 valence electrons. The topological polar surface area (TPSA) is 78.9 Å². The molecule has 0 fully saturated rings. The Hall–Kier alpha value is -3.67. The first-order valence-corrected chi connectivity index (χ1v) is 34.7. The van der Waals surface area contributed by atoms with Crippen LogP contribution < -0.4 is 0 Å². The monoisotopic (exact) mass is 1130 g/mol. The van der Waals surface area contributed by atoms with Crippen LogP contribution in [0.5, 0.6) is 0 Å². The molecule has 0 rings (SSSR count). The van der Waals surface area contributed by atoms with E-state index in [1.54, 1.807) is 0 Å². The Bertz CT molecular complexity index is 1580. The molecule has 0 N–H and O–H groups in total. The third-order valence-corrected chi connectivity index (χ3v) is 15.0. The molecule has 0 aliphatic rings. The lowest BCUT2D eigenvalue weighted by Crippen LogP contribution is -2.30. The van der Waals surface area contributed by atoms with Crippen LogP contribution >= 0.6 is 0 Å². The Morgan fingerprint density at radius 3 is 0.753 bits per heavy atom. The Labute approximate surface area is 502 Å². The number of allylic oxidation sites excluding steroid dienone is 16. The summed E-state index contributed by atoms with van der Waals surface area (Å²) in [6, 6.07) is 0. The summed E-state index contributed by atoms with van der Waals surface area (Å²) in [5, 5.41) is 0. The van der Waals surface area contributed by atoms with Crippen LogP contribution in [0.4, 0.5) is 0 Å². The van der Waals surface area contributed by atoms with Crippen LogP contribution in [0.3, 0.4) is 0 Å². The highest BCUT2D eigenvalue weighted by molar-refractivity contribution is 5.71. The molecule has 0 saturated heterocycles. The van der Waals surface area contributed by atoms with E-state index in [-0.39, 0.29) is 31.1 Å². The number of ether oxygens (including phenoxy) is 3. The fraction of sp³-hybridized carbons (Fsp3) is 0.747. The van der Waals surface area contributed by atoms with Crippen LogP contribution in [-0.4, -0.2) is 37.2 Å². The van der Waals surface area contributed by atoms with Crippen molar-refractivity contribution in [3.63, 3.8) is 0 Å². The van der Waals surface area contributed by atoms with Crippen molar-refractivity contribution in [1.29, 1.82) is 0 Å². The largest absolute Gasteiger partial charge is 0.462 e. The van der Waals surface area contributed by atoms with Crippen molar-refractivity contribution >= 4 is 17.9 Å². The second kappa shape index (κ2) is 68.8. The normalized spacial score (nSPS) is 12.7. The Balaban J connectivity index is 4.23. The lowest BCUT2D eigenvalue weighted by atomic mass is 10.0. The van der Waals surface area contributed by atoms with E-state index < -0.39 is 6.10 Å². The summed E-state index contributed by atoms with van der Waals surface area (Å²) in [6.45, 7) is 6.50. The van der Waals surface area contributed by atoms with Crippen LogP contribution in [-0.2, 0) is 28.6 Å². The van der Waals surface area contributed by atoms with Crippen molar-refractivity contribution in [3.05, 3.63) is 97.2 Å². The molecule has 0 amide bonds. The van der Waals surface area contributed by atoms with Gasteiger partial charge in [-0.15, -0.1) is 0 Å². The minimum atomic E-state index is -0.788. The molecular weight excluding hydrogens is 997 g/mol. The van der Waals surface area contributed by atoms with E-state index in [1.807, 2.05) is 0 Å². The second-order valence-electron chi connectivity index (χ2n) is 23.1. The summed E-state index contributed by atoms with van der Waals surface area (Å²) in [6.07, 6.45) is 92.9. The lowest BCUT2D eigenvalue weighted by molar-refractivity contribution is -0.167. The van der Waals surface area contributed by atoms with Crippen molar-refractivity contribution in [1.82, 2.24) is 0 Å². The highest BCUT2D eigenvalue weighted by Crippen LogP contribution is 2.17. The van der Waals surface area contributed by atoms with Crippen LogP contribution in [0.25, 0.3) is 0 Å². The van der Waals surface area contributed by atoms with Crippen molar-refractivity contribution in [2.75, 3.05) is 13.2 Å². The van der Waals surface area contributed by atoms with Crippen LogP contribution in [0.1, 0.15) is 342 Å². The number of hydrogen-bond donors (Lipinski definition) is 0. The van der Waals surface area contributed by atoms with E-state index in [4.69, 9.17) is 14.2 Å². The minimum Gasteiger partial charge on any atom is -0.462 e. The Morgan fingerprint density at radius 2 is 0.481 bits per heavy atom. The zero-order valence-electron chi connectivity index (χ0n) is 53.5. The summed E-state index contributed by atoms with van der Waals surface area (Å²) in [5.74, 6) is -0.889. The number of carbonyl (C=O) groups excluding carboxylic acids is 3. The van der Waals surface area contributed by atoms with Gasteiger partial charge in [0.15, 0.2) is 6.10 Å². The summed E-state index contributed by atoms with van der Waals surface area (Å²) in [4.78, 5) is 38.4. The third kappa shape index (κ3) is 67.0. The second-order valence-corrected chi connectivity index (χ2v) is 23.1. The van der Waals surface area contributed by atoms with Gasteiger partial charge in [0.1, 0.15) is 13.2 Å². The van der Waals surface area contributed by atoms with Gasteiger partial charge in [0, 0.05) is 19.3 Å². The summed E-state index contributed by atoms with van der Waals surface area (Å²) < 4.78 is 17.0. The zero-order chi connectivity index (χ0) is 58.5. The van der Waals surface area contributed by atoms with Gasteiger partial charge < -0.3 is 14.2 Å². The van der Waals surface area contributed by atoms with Gasteiger partial charge in [0.2, 0.25) is 0 Å². The van der Waals surface area contributed by atoms with E-state index in [0.717, 1.165) is 116 Å². The quantitative estimate of drug-likeness (QED) is 0.0261. The van der Waals surface area contributed by atoms with Gasteiger partial charge in [0.05, 0.1) is 0 Å². The predicted octanol–water partition coefficient (Wildman–Crippen LogP) is 24.0. The molecule has 0 saturated carbocycles. The van der Waals surface area contributed by atoms with Gasteiger partial charge in [-0.3, -0.25) is 14.4 Å². The fourth-order valence-corrected chi connectivity index (χ4v) is 9.85. The van der Waals surface area contributed by atoms with Gasteiger partial charge in [-0.1, -0.05) is 298 Å². The number of rotatable bonds is 63. The highest BCUT2D eigenvalue weighted by atomic mass is 16.6. The number of hydrogen-bond acceptors (Lipinski definition) is 6. The van der Waals surface area contributed by atoms with Gasteiger partial charge >= 0.3 is 17.9 Å². The molecule has 0 bridgehead atoms. The van der Waals surface area contributed by atoms with Crippen LogP contribution in [0.2, 0.25) is 0 Å². The van der Waals surface area contributed by atoms with E-state index >= 15 is 0 Å². The van der Waals surface area contributed by atoms with E-state index in [0.29, 0.717) is 19.3 Å². The third-order valence-electron chi connectivity index (χ3n) is 15.0. The molecule has 1 unspecified atom stereocenters. The highest BCUT2D eigenvalue weighted by Gasteiger charge is 2.19. The molecule has 6 heteroatoms. The molecule has 1 atom stereocenters. The standard InChI is InChI=1S/C75H130O6/c1-4-7-10-13-16-19-22-25-28-30-31-32-33-34-35-36-37-38-39-40-41-42-43-45-47-50-53-56-59-62-65-68-74(77)80-71-72(70-79-73(76)67-64-61-58-55-52-49-46-27-24-21-18-15-12-9-6-3)81-75(78)69-66-63-60-57-54-51-48-44-29-26-23-20-17-14-11-8-5-2/h7,10,16-21,25-29,31-32,46,72H,4-6,8-9,11-15,22-24,30,33-45,47-71H2,1-3H3/b10-7-,19-16-,20-17-,21-18-,28-25-,29-26-,32-31-,46-27-. The first-order valence-electron chi connectivity index (χ1n) is 34.7. The molecule has 6 nitrogen and oxygen atoms in total. The first-order chi connectivity index (χ1) is 40.0. The van der Waals surface area contributed by atoms with E-state index in [2.05, 4.69) is 118 Å². The number of unbranched alkanes of at least 4 members (excludes halogenated alkanes) is 36. The van der Waals surface area contributed by atoms with Gasteiger partial charge in [-0.2, -0.15) is 0 Å². The molecule has 0 aromatic rings. The zero-order valence-corrected chi connectivity index (χ0v) is 53.5. The summed E-state index contributed by atoms with van der Waals surface area (Å²) >= 11 is 0. The first kappa shape index (κ1) is 77.3. The predicted molar refractivity (Wildman–Crippen MR) is 353 cm³/mol. The van der Waals surface area contributed by atoms with Crippen molar-refractivity contribution in [3.8, 4) is 0 Å². The maximum absolute atomic E-state index is 12.9. The average Bonchev–Trinajstić information content (AvgIpc) is 3.47.